The Labute approximate surface area is 175 Å². The van der Waals surface area contributed by atoms with E-state index in [1.807, 2.05) is 49.4 Å². The number of hydrogen-bond acceptors (Lipinski definition) is 5. The number of nitrogens with zero attached hydrogens (tertiary/aromatic N) is 2. The fourth-order valence-corrected chi connectivity index (χ4v) is 3.47. The zero-order chi connectivity index (χ0) is 21.1. The van der Waals surface area contributed by atoms with E-state index in [0.717, 1.165) is 11.3 Å². The first-order chi connectivity index (χ1) is 14.5. The van der Waals surface area contributed by atoms with Crippen molar-refractivity contribution in [1.82, 2.24) is 5.01 Å². The number of hydrazone groups is 1. The van der Waals surface area contributed by atoms with Crippen molar-refractivity contribution in [2.45, 2.75) is 26.3 Å². The zero-order valence-corrected chi connectivity index (χ0v) is 17.0. The summed E-state index contributed by atoms with van der Waals surface area (Å²) in [6.07, 6.45) is 2.19. The van der Waals surface area contributed by atoms with Gasteiger partial charge >= 0.3 is 0 Å². The third-order valence-electron chi connectivity index (χ3n) is 5.14. The van der Waals surface area contributed by atoms with E-state index in [2.05, 4.69) is 10.4 Å². The molecule has 2 aromatic carbocycles. The van der Waals surface area contributed by atoms with Gasteiger partial charge in [-0.2, -0.15) is 5.10 Å². The predicted molar refractivity (Wildman–Crippen MR) is 116 cm³/mol. The van der Waals surface area contributed by atoms with Crippen LogP contribution in [0.1, 0.15) is 46.6 Å². The van der Waals surface area contributed by atoms with Crippen LogP contribution in [0.5, 0.6) is 0 Å². The Bertz CT molecular complexity index is 1090. The lowest BCUT2D eigenvalue weighted by molar-refractivity contribution is -0.131. The normalized spacial score (nSPS) is 15.7. The molecule has 152 valence electrons. The van der Waals surface area contributed by atoms with Gasteiger partial charge < -0.3 is 9.73 Å². The maximum absolute atomic E-state index is 13.0. The summed E-state index contributed by atoms with van der Waals surface area (Å²) in [5, 5.41) is 9.23. The van der Waals surface area contributed by atoms with E-state index in [9.17, 15) is 9.59 Å². The fraction of sp³-hybridized carbons (Fsp3) is 0.208. The average Bonchev–Trinajstić information content (AvgIpc) is 3.42. The van der Waals surface area contributed by atoms with Gasteiger partial charge in [-0.1, -0.05) is 42.0 Å². The molecule has 1 aromatic heterocycles. The van der Waals surface area contributed by atoms with Gasteiger partial charge in [0.1, 0.15) is 11.8 Å². The molecule has 1 aliphatic heterocycles. The van der Waals surface area contributed by atoms with Gasteiger partial charge in [-0.15, -0.1) is 0 Å². The Morgan fingerprint density at radius 1 is 1.13 bits per heavy atom. The first-order valence-electron chi connectivity index (χ1n) is 9.86. The van der Waals surface area contributed by atoms with Crippen LogP contribution < -0.4 is 5.32 Å². The highest BCUT2D eigenvalue weighted by atomic mass is 16.3. The molecule has 6 heteroatoms. The summed E-state index contributed by atoms with van der Waals surface area (Å²) in [7, 11) is 0. The van der Waals surface area contributed by atoms with Gasteiger partial charge in [0.25, 0.3) is 5.91 Å². The third-order valence-corrected chi connectivity index (χ3v) is 5.14. The van der Waals surface area contributed by atoms with Crippen molar-refractivity contribution in [3.8, 4) is 0 Å². The molecule has 30 heavy (non-hydrogen) atoms. The zero-order valence-electron chi connectivity index (χ0n) is 17.0. The molecule has 1 amide bonds. The minimum absolute atomic E-state index is 0.0188. The van der Waals surface area contributed by atoms with Crippen molar-refractivity contribution in [1.29, 1.82) is 0 Å². The molecule has 1 aliphatic rings. The number of rotatable bonds is 6. The van der Waals surface area contributed by atoms with Gasteiger partial charge in [0.2, 0.25) is 0 Å². The maximum Gasteiger partial charge on any atom is 0.262 e. The lowest BCUT2D eigenvalue weighted by atomic mass is 10.0. The van der Waals surface area contributed by atoms with Crippen LogP contribution in [0.3, 0.4) is 0 Å². The van der Waals surface area contributed by atoms with Crippen molar-refractivity contribution in [2.24, 2.45) is 5.10 Å². The lowest BCUT2D eigenvalue weighted by Crippen LogP contribution is -2.32. The molecule has 0 unspecified atom stereocenters. The Morgan fingerprint density at radius 3 is 2.63 bits per heavy atom. The number of hydrogen-bond donors (Lipinski definition) is 1. The number of carbonyl (C=O) groups is 2. The second-order valence-corrected chi connectivity index (χ2v) is 7.38. The Hall–Kier alpha value is -3.67. The number of nitrogens with one attached hydrogen (secondary N) is 1. The Balaban J connectivity index is 1.54. The molecular weight excluding hydrogens is 378 g/mol. The van der Waals surface area contributed by atoms with E-state index in [1.165, 1.54) is 17.5 Å². The first kappa shape index (κ1) is 19.6. The minimum Gasteiger partial charge on any atom is -0.467 e. The summed E-state index contributed by atoms with van der Waals surface area (Å²) >= 11 is 0. The van der Waals surface area contributed by atoms with Gasteiger partial charge in [0.05, 0.1) is 18.5 Å². The second-order valence-electron chi connectivity index (χ2n) is 7.38. The molecule has 4 rings (SSSR count). The first-order valence-corrected chi connectivity index (χ1v) is 9.86. The number of aryl methyl sites for hydroxylation is 1. The van der Waals surface area contributed by atoms with Crippen LogP contribution in [0.2, 0.25) is 0 Å². The molecule has 2 heterocycles. The molecule has 0 saturated heterocycles. The monoisotopic (exact) mass is 401 g/mol. The predicted octanol–water partition coefficient (Wildman–Crippen LogP) is 4.58. The molecule has 6 nitrogen and oxygen atoms in total. The van der Waals surface area contributed by atoms with E-state index >= 15 is 0 Å². The van der Waals surface area contributed by atoms with Gasteiger partial charge in [0, 0.05) is 17.7 Å². The average molecular weight is 401 g/mol. The number of benzene rings is 2. The summed E-state index contributed by atoms with van der Waals surface area (Å²) in [5.74, 6) is 0.509. The van der Waals surface area contributed by atoms with E-state index < -0.39 is 0 Å². The number of Topliss-reactive ketones (excluding diaryl/α,β-unsaturated/α-hetero) is 1. The van der Waals surface area contributed by atoms with Crippen molar-refractivity contribution < 1.29 is 14.0 Å². The molecule has 0 fully saturated rings. The third kappa shape index (κ3) is 4.17. The molecule has 0 bridgehead atoms. The van der Waals surface area contributed by atoms with Crippen LogP contribution in [0.4, 0.5) is 5.69 Å². The smallest absolute Gasteiger partial charge is 0.262 e. The number of furan rings is 1. The van der Waals surface area contributed by atoms with Gasteiger partial charge in [0.15, 0.2) is 5.78 Å². The SMILES string of the molecule is CC(=O)c1cccc(NCC(=O)N2N=C(c3ccc(C)cc3)C[C@@H]2c2ccco2)c1. The molecule has 0 spiro atoms. The van der Waals surface area contributed by atoms with Crippen LogP contribution in [0.15, 0.2) is 76.4 Å². The van der Waals surface area contributed by atoms with Gasteiger partial charge in [-0.05, 0) is 43.7 Å². The van der Waals surface area contributed by atoms with Crippen molar-refractivity contribution in [3.05, 3.63) is 89.4 Å². The van der Waals surface area contributed by atoms with Gasteiger partial charge in [-0.3, -0.25) is 9.59 Å². The summed E-state index contributed by atoms with van der Waals surface area (Å²) in [6, 6.07) is 18.6. The van der Waals surface area contributed by atoms with Gasteiger partial charge in [-0.25, -0.2) is 5.01 Å². The number of carbonyl (C=O) groups excluding carboxylic acids is 2. The Kier molecular flexibility index (Phi) is 5.48. The van der Waals surface area contributed by atoms with Crippen molar-refractivity contribution in [2.75, 3.05) is 11.9 Å². The van der Waals surface area contributed by atoms with Crippen LogP contribution in [-0.2, 0) is 4.79 Å². The van der Waals surface area contributed by atoms with Crippen LogP contribution in [0.25, 0.3) is 0 Å². The highest BCUT2D eigenvalue weighted by Gasteiger charge is 2.34. The number of amides is 1. The highest BCUT2D eigenvalue weighted by Crippen LogP contribution is 2.33. The summed E-state index contributed by atoms with van der Waals surface area (Å²) in [4.78, 5) is 24.6. The largest absolute Gasteiger partial charge is 0.467 e. The molecule has 0 radical (unpaired) electrons. The minimum atomic E-state index is -0.283. The fourth-order valence-electron chi connectivity index (χ4n) is 3.47. The Morgan fingerprint density at radius 2 is 1.93 bits per heavy atom. The van der Waals surface area contributed by atoms with E-state index in [0.29, 0.717) is 23.4 Å². The van der Waals surface area contributed by atoms with E-state index in [4.69, 9.17) is 4.42 Å². The number of anilines is 1. The molecule has 1 N–H and O–H groups in total. The van der Waals surface area contributed by atoms with E-state index in [-0.39, 0.29) is 24.3 Å². The highest BCUT2D eigenvalue weighted by molar-refractivity contribution is 6.03. The standard InChI is InChI=1S/C24H23N3O3/c1-16-8-10-18(11-9-16)21-14-22(23-7-4-12-30-23)27(26-21)24(29)15-25-20-6-3-5-19(13-20)17(2)28/h3-13,22,25H,14-15H2,1-2H3/t22-/m1/s1. The molecule has 3 aromatic rings. The number of ketones is 1. The molecular formula is C24H23N3O3. The lowest BCUT2D eigenvalue weighted by Gasteiger charge is -2.20. The molecule has 1 atom stereocenters. The second kappa shape index (κ2) is 8.37. The van der Waals surface area contributed by atoms with Crippen molar-refractivity contribution >= 4 is 23.1 Å². The summed E-state index contributed by atoms with van der Waals surface area (Å²) in [6.45, 7) is 3.61. The van der Waals surface area contributed by atoms with Crippen LogP contribution >= 0.6 is 0 Å². The quantitative estimate of drug-likeness (QED) is 0.614. The van der Waals surface area contributed by atoms with E-state index in [1.54, 1.807) is 24.5 Å². The van der Waals surface area contributed by atoms with Crippen LogP contribution in [0, 0.1) is 6.92 Å². The summed E-state index contributed by atoms with van der Waals surface area (Å²) < 4.78 is 5.58. The molecule has 0 saturated carbocycles. The van der Waals surface area contributed by atoms with Crippen molar-refractivity contribution in [3.63, 3.8) is 0 Å². The summed E-state index contributed by atoms with van der Waals surface area (Å²) in [5.41, 5.74) is 4.33. The molecule has 0 aliphatic carbocycles. The topological polar surface area (TPSA) is 74.9 Å². The maximum atomic E-state index is 13.0. The van der Waals surface area contributed by atoms with Crippen LogP contribution in [-0.4, -0.2) is 29.0 Å².